The first-order chi connectivity index (χ1) is 15.3. The Bertz CT molecular complexity index is 1520. The monoisotopic (exact) mass is 454 g/mol. The average Bonchev–Trinajstić information content (AvgIpc) is 3.37. The number of hydrogen-bond acceptors (Lipinski definition) is 5. The summed E-state index contributed by atoms with van der Waals surface area (Å²) in [5.74, 6) is -0.513. The summed E-state index contributed by atoms with van der Waals surface area (Å²) in [6.45, 7) is 1.08. The number of fused-ring (bicyclic) bond motifs is 3. The molecule has 4 heterocycles. The summed E-state index contributed by atoms with van der Waals surface area (Å²) in [4.78, 5) is 37.7. The zero-order valence-corrected chi connectivity index (χ0v) is 18.0. The number of carboxylic acids is 1. The van der Waals surface area contributed by atoms with E-state index in [2.05, 4.69) is 5.32 Å². The molecule has 9 nitrogen and oxygen atoms in total. The third kappa shape index (κ3) is 2.85. The summed E-state index contributed by atoms with van der Waals surface area (Å²) in [7, 11) is 3.05. The van der Waals surface area contributed by atoms with Crippen molar-refractivity contribution in [2.24, 2.45) is 14.1 Å². The molecule has 2 N–H and O–H groups in total. The van der Waals surface area contributed by atoms with E-state index in [1.807, 2.05) is 4.57 Å². The number of aromatic nitrogens is 3. The number of hydrogen-bond donors (Lipinski definition) is 2. The fourth-order valence-electron chi connectivity index (χ4n) is 4.50. The lowest BCUT2D eigenvalue weighted by Gasteiger charge is -2.27. The highest BCUT2D eigenvalue weighted by atomic mass is 35.5. The molecule has 1 aliphatic rings. The van der Waals surface area contributed by atoms with Crippen molar-refractivity contribution < 1.29 is 14.3 Å². The van der Waals surface area contributed by atoms with Gasteiger partial charge in [0, 0.05) is 27.2 Å². The smallest absolute Gasteiger partial charge is 0.335 e. The molecule has 1 unspecified atom stereocenters. The van der Waals surface area contributed by atoms with Crippen LogP contribution < -0.4 is 16.6 Å². The molecule has 0 fully saturated rings. The minimum atomic E-state index is -1.06. The van der Waals surface area contributed by atoms with Crippen LogP contribution in [0.25, 0.3) is 22.2 Å². The van der Waals surface area contributed by atoms with E-state index < -0.39 is 23.3 Å². The fourth-order valence-corrected chi connectivity index (χ4v) is 4.65. The Morgan fingerprint density at radius 2 is 1.97 bits per heavy atom. The van der Waals surface area contributed by atoms with E-state index in [1.165, 1.54) is 23.7 Å². The Kier molecular flexibility index (Phi) is 4.61. The van der Waals surface area contributed by atoms with E-state index in [0.717, 1.165) is 4.57 Å². The number of carbonyl (C=O) groups is 1. The van der Waals surface area contributed by atoms with E-state index in [-0.39, 0.29) is 10.8 Å². The molecule has 164 valence electrons. The van der Waals surface area contributed by atoms with Gasteiger partial charge in [-0.05, 0) is 41.4 Å². The molecule has 10 heteroatoms. The number of halogens is 1. The van der Waals surface area contributed by atoms with Gasteiger partial charge in [-0.25, -0.2) is 9.59 Å². The largest absolute Gasteiger partial charge is 0.478 e. The molecule has 32 heavy (non-hydrogen) atoms. The highest BCUT2D eigenvalue weighted by Gasteiger charge is 2.33. The van der Waals surface area contributed by atoms with Crippen LogP contribution in [-0.4, -0.2) is 31.3 Å². The van der Waals surface area contributed by atoms with E-state index >= 15 is 0 Å². The Hall–Kier alpha value is -3.56. The van der Waals surface area contributed by atoms with Crippen LogP contribution in [0.15, 0.2) is 50.4 Å². The van der Waals surface area contributed by atoms with Gasteiger partial charge in [0.2, 0.25) is 0 Å². The quantitative estimate of drug-likeness (QED) is 0.491. The highest BCUT2D eigenvalue weighted by molar-refractivity contribution is 6.28. The minimum absolute atomic E-state index is 0.108. The molecule has 1 atom stereocenters. The Morgan fingerprint density at radius 3 is 2.66 bits per heavy atom. The van der Waals surface area contributed by atoms with Crippen LogP contribution in [0.5, 0.6) is 0 Å². The van der Waals surface area contributed by atoms with Gasteiger partial charge in [-0.15, -0.1) is 0 Å². The van der Waals surface area contributed by atoms with E-state index in [1.54, 1.807) is 31.3 Å². The van der Waals surface area contributed by atoms with Gasteiger partial charge in [-0.2, -0.15) is 0 Å². The number of nitrogens with zero attached hydrogens (tertiary/aromatic N) is 3. The highest BCUT2D eigenvalue weighted by Crippen LogP contribution is 2.39. The normalized spacial score (nSPS) is 15.8. The van der Waals surface area contributed by atoms with Gasteiger partial charge in [0.25, 0.3) is 5.56 Å². The molecule has 1 aromatic carbocycles. The van der Waals surface area contributed by atoms with E-state index in [4.69, 9.17) is 16.0 Å². The second kappa shape index (κ2) is 7.25. The second-order valence-electron chi connectivity index (χ2n) is 7.73. The van der Waals surface area contributed by atoms with Crippen LogP contribution in [0, 0.1) is 0 Å². The lowest BCUT2D eigenvalue weighted by Crippen LogP contribution is -2.38. The number of nitrogens with one attached hydrogen (secondary N) is 1. The third-order valence-corrected chi connectivity index (χ3v) is 6.13. The first-order valence-electron chi connectivity index (χ1n) is 9.94. The molecule has 0 saturated heterocycles. The van der Waals surface area contributed by atoms with E-state index in [9.17, 15) is 19.5 Å². The summed E-state index contributed by atoms with van der Waals surface area (Å²) >= 11 is 6.01. The third-order valence-electron chi connectivity index (χ3n) is 5.92. The van der Waals surface area contributed by atoms with Gasteiger partial charge in [-0.3, -0.25) is 13.9 Å². The number of aryl methyl sites for hydroxylation is 1. The van der Waals surface area contributed by atoms with Crippen LogP contribution in [-0.2, 0) is 20.6 Å². The van der Waals surface area contributed by atoms with Crippen LogP contribution in [0.3, 0.4) is 0 Å². The Labute approximate surface area is 186 Å². The van der Waals surface area contributed by atoms with E-state index in [0.29, 0.717) is 46.7 Å². The fraction of sp³-hybridized carbons (Fsp3) is 0.227. The average molecular weight is 455 g/mol. The lowest BCUT2D eigenvalue weighted by atomic mass is 10.1. The summed E-state index contributed by atoms with van der Waals surface area (Å²) in [6, 6.07) is 9.37. The second-order valence-corrected chi connectivity index (χ2v) is 8.10. The van der Waals surface area contributed by atoms with Crippen molar-refractivity contribution in [3.63, 3.8) is 0 Å². The van der Waals surface area contributed by atoms with Gasteiger partial charge >= 0.3 is 11.7 Å². The molecule has 0 aliphatic carbocycles. The maximum atomic E-state index is 13.3. The van der Waals surface area contributed by atoms with Gasteiger partial charge in [0.1, 0.15) is 11.8 Å². The molecule has 3 aromatic heterocycles. The first-order valence-corrected chi connectivity index (χ1v) is 10.3. The number of benzene rings is 1. The van der Waals surface area contributed by atoms with Crippen molar-refractivity contribution >= 4 is 28.5 Å². The Morgan fingerprint density at radius 1 is 1.19 bits per heavy atom. The summed E-state index contributed by atoms with van der Waals surface area (Å²) in [6.07, 6.45) is 0. The van der Waals surface area contributed by atoms with Crippen LogP contribution in [0.2, 0.25) is 5.22 Å². The number of rotatable bonds is 3. The summed E-state index contributed by atoms with van der Waals surface area (Å²) < 4.78 is 10.1. The predicted octanol–water partition coefficient (Wildman–Crippen LogP) is 2.34. The molecule has 0 amide bonds. The van der Waals surface area contributed by atoms with Crippen molar-refractivity contribution in [1.82, 2.24) is 19.0 Å². The molecule has 0 radical (unpaired) electrons. The maximum absolute atomic E-state index is 13.3. The molecule has 4 aromatic rings. The van der Waals surface area contributed by atoms with Crippen LogP contribution in [0.1, 0.15) is 27.9 Å². The number of aromatic carboxylic acids is 1. The van der Waals surface area contributed by atoms with Crippen molar-refractivity contribution in [3.8, 4) is 11.3 Å². The maximum Gasteiger partial charge on any atom is 0.335 e. The first kappa shape index (κ1) is 20.3. The molecule has 0 bridgehead atoms. The minimum Gasteiger partial charge on any atom is -0.478 e. The van der Waals surface area contributed by atoms with Gasteiger partial charge < -0.3 is 19.4 Å². The Balaban J connectivity index is 1.94. The molecule has 0 spiro atoms. The van der Waals surface area contributed by atoms with Crippen molar-refractivity contribution in [2.75, 3.05) is 6.54 Å². The molecule has 0 saturated carbocycles. The van der Waals surface area contributed by atoms with Crippen molar-refractivity contribution in [3.05, 3.63) is 79.5 Å². The predicted molar refractivity (Wildman–Crippen MR) is 118 cm³/mol. The van der Waals surface area contributed by atoms with Crippen LogP contribution in [0.4, 0.5) is 0 Å². The topological polar surface area (TPSA) is 111 Å². The molecule has 5 rings (SSSR count). The summed E-state index contributed by atoms with van der Waals surface area (Å²) in [5.41, 5.74) is 1.51. The van der Waals surface area contributed by atoms with Crippen molar-refractivity contribution in [2.45, 2.75) is 12.6 Å². The molecular formula is C22H19ClN4O5. The molecular weight excluding hydrogens is 436 g/mol. The summed E-state index contributed by atoms with van der Waals surface area (Å²) in [5, 5.41) is 13.4. The zero-order valence-electron chi connectivity index (χ0n) is 17.3. The SMILES string of the molecule is Cn1c(=O)c2c(-c3cccc(C(=O)O)c3)n3c(c2n(C)c1=O)C(c1ccc(Cl)o1)NCC3. The number of furan rings is 1. The van der Waals surface area contributed by atoms with Gasteiger partial charge in [0.05, 0.1) is 27.9 Å². The number of carboxylic acid groups (broad SMARTS) is 1. The lowest BCUT2D eigenvalue weighted by molar-refractivity contribution is 0.0697. The zero-order chi connectivity index (χ0) is 22.7. The van der Waals surface area contributed by atoms with Crippen LogP contribution >= 0.6 is 11.6 Å². The van der Waals surface area contributed by atoms with Gasteiger partial charge in [-0.1, -0.05) is 12.1 Å². The van der Waals surface area contributed by atoms with Crippen molar-refractivity contribution in [1.29, 1.82) is 0 Å². The standard InChI is InChI=1S/C22H19ClN4O5/c1-25-18-15(20(28)26(2)22(25)31)17(11-4-3-5-12(10-11)21(29)30)27-9-8-24-16(19(18)27)13-6-7-14(23)32-13/h3-7,10,16,24H,8-9H2,1-2H3,(H,29,30). The van der Waals surface area contributed by atoms with Gasteiger partial charge in [0.15, 0.2) is 5.22 Å². The molecule has 1 aliphatic heterocycles.